The first-order valence-corrected chi connectivity index (χ1v) is 8.05. The first kappa shape index (κ1) is 16.1. The molecule has 0 aromatic heterocycles. The number of carbonyl (C=O) groups excluding carboxylic acids is 2. The summed E-state index contributed by atoms with van der Waals surface area (Å²) < 4.78 is 5.54. The van der Waals surface area contributed by atoms with Gasteiger partial charge in [0.25, 0.3) is 0 Å². The molecule has 0 atom stereocenters. The third-order valence-corrected chi connectivity index (χ3v) is 3.97. The van der Waals surface area contributed by atoms with Gasteiger partial charge in [0, 0.05) is 18.8 Å². The monoisotopic (exact) mass is 324 g/mol. The highest BCUT2D eigenvalue weighted by molar-refractivity contribution is 5.97. The lowest BCUT2D eigenvalue weighted by Gasteiger charge is -2.34. The van der Waals surface area contributed by atoms with Gasteiger partial charge in [-0.15, -0.1) is 0 Å². The predicted molar refractivity (Wildman–Crippen MR) is 91.9 cm³/mol. The summed E-state index contributed by atoms with van der Waals surface area (Å²) in [6.45, 7) is 1.51. The summed E-state index contributed by atoms with van der Waals surface area (Å²) in [7, 11) is 0. The molecule has 0 aliphatic carbocycles. The molecule has 1 fully saturated rings. The largest absolute Gasteiger partial charge is 0.493 e. The van der Waals surface area contributed by atoms with E-state index in [4.69, 9.17) is 4.74 Å². The highest BCUT2D eigenvalue weighted by Gasteiger charge is 2.27. The van der Waals surface area contributed by atoms with Crippen LogP contribution in [0.4, 0.5) is 5.69 Å². The van der Waals surface area contributed by atoms with Crippen LogP contribution < -0.4 is 9.64 Å². The van der Waals surface area contributed by atoms with Crippen LogP contribution in [0.15, 0.2) is 60.7 Å². The number of rotatable bonds is 5. The van der Waals surface area contributed by atoms with Crippen LogP contribution in [0.2, 0.25) is 0 Å². The van der Waals surface area contributed by atoms with Crippen LogP contribution in [-0.2, 0) is 9.59 Å². The Morgan fingerprint density at radius 1 is 0.958 bits per heavy atom. The van der Waals surface area contributed by atoms with E-state index in [-0.39, 0.29) is 24.8 Å². The standard InChI is InChI=1S/C19H20N2O3/c22-18(11-14-24-17-9-5-2-6-10-17)20-12-13-21(19(23)15-20)16-7-3-1-4-8-16/h1-10H,11-15H2. The Balaban J connectivity index is 1.48. The molecule has 3 rings (SSSR count). The number of benzene rings is 2. The molecule has 24 heavy (non-hydrogen) atoms. The van der Waals surface area contributed by atoms with Crippen molar-refractivity contribution in [2.45, 2.75) is 6.42 Å². The van der Waals surface area contributed by atoms with Crippen molar-refractivity contribution >= 4 is 17.5 Å². The lowest BCUT2D eigenvalue weighted by Crippen LogP contribution is -2.52. The molecule has 124 valence electrons. The van der Waals surface area contributed by atoms with Gasteiger partial charge < -0.3 is 14.5 Å². The Labute approximate surface area is 141 Å². The van der Waals surface area contributed by atoms with Gasteiger partial charge in [0.05, 0.1) is 13.0 Å². The van der Waals surface area contributed by atoms with Gasteiger partial charge in [0.1, 0.15) is 12.3 Å². The SMILES string of the molecule is O=C(CCOc1ccccc1)N1CCN(c2ccccc2)C(=O)C1. The van der Waals surface area contributed by atoms with Crippen LogP contribution in [0.25, 0.3) is 0 Å². The number of carbonyl (C=O) groups is 2. The Bertz CT molecular complexity index is 688. The smallest absolute Gasteiger partial charge is 0.246 e. The summed E-state index contributed by atoms with van der Waals surface area (Å²) in [5.41, 5.74) is 0.877. The number of hydrogen-bond donors (Lipinski definition) is 0. The number of nitrogens with zero attached hydrogens (tertiary/aromatic N) is 2. The van der Waals surface area contributed by atoms with Gasteiger partial charge in [0.15, 0.2) is 0 Å². The number of anilines is 1. The van der Waals surface area contributed by atoms with Gasteiger partial charge >= 0.3 is 0 Å². The zero-order valence-corrected chi connectivity index (χ0v) is 13.4. The van der Waals surface area contributed by atoms with Crippen molar-refractivity contribution in [2.75, 3.05) is 31.1 Å². The van der Waals surface area contributed by atoms with E-state index in [1.54, 1.807) is 9.80 Å². The van der Waals surface area contributed by atoms with Crippen LogP contribution in [0.5, 0.6) is 5.75 Å². The summed E-state index contributed by atoms with van der Waals surface area (Å²) in [6.07, 6.45) is 0.271. The molecule has 0 radical (unpaired) electrons. The highest BCUT2D eigenvalue weighted by Crippen LogP contribution is 2.17. The summed E-state index contributed by atoms with van der Waals surface area (Å²) in [5.74, 6) is 0.645. The van der Waals surface area contributed by atoms with E-state index >= 15 is 0 Å². The normalized spacial score (nSPS) is 14.6. The molecule has 0 N–H and O–H groups in total. The van der Waals surface area contributed by atoms with Gasteiger partial charge in [-0.25, -0.2) is 0 Å². The molecule has 0 saturated carbocycles. The summed E-state index contributed by atoms with van der Waals surface area (Å²) in [4.78, 5) is 27.9. The predicted octanol–water partition coefficient (Wildman–Crippen LogP) is 2.33. The second-order valence-electron chi connectivity index (χ2n) is 5.61. The van der Waals surface area contributed by atoms with Crippen LogP contribution in [0, 0.1) is 0 Å². The Morgan fingerprint density at radius 2 is 1.62 bits per heavy atom. The van der Waals surface area contributed by atoms with Gasteiger partial charge in [-0.1, -0.05) is 36.4 Å². The average molecular weight is 324 g/mol. The van der Waals surface area contributed by atoms with Crippen LogP contribution in [0.3, 0.4) is 0 Å². The second kappa shape index (κ2) is 7.64. The Kier molecular flexibility index (Phi) is 5.11. The van der Waals surface area contributed by atoms with Gasteiger partial charge in [-0.3, -0.25) is 9.59 Å². The van der Waals surface area contributed by atoms with Crippen molar-refractivity contribution < 1.29 is 14.3 Å². The third kappa shape index (κ3) is 3.93. The van der Waals surface area contributed by atoms with Gasteiger partial charge in [-0.05, 0) is 24.3 Å². The maximum absolute atomic E-state index is 12.3. The number of para-hydroxylation sites is 2. The molecule has 1 heterocycles. The zero-order valence-electron chi connectivity index (χ0n) is 13.4. The fourth-order valence-electron chi connectivity index (χ4n) is 2.70. The molecular formula is C19H20N2O3. The van der Waals surface area contributed by atoms with Crippen molar-refractivity contribution in [2.24, 2.45) is 0 Å². The van der Waals surface area contributed by atoms with E-state index < -0.39 is 0 Å². The highest BCUT2D eigenvalue weighted by atomic mass is 16.5. The molecule has 5 heteroatoms. The average Bonchev–Trinajstić information content (AvgIpc) is 2.63. The van der Waals surface area contributed by atoms with E-state index in [9.17, 15) is 9.59 Å². The van der Waals surface area contributed by atoms with Crippen LogP contribution >= 0.6 is 0 Å². The van der Waals surface area contributed by atoms with E-state index in [0.29, 0.717) is 19.7 Å². The fraction of sp³-hybridized carbons (Fsp3) is 0.263. The van der Waals surface area contributed by atoms with Gasteiger partial charge in [-0.2, -0.15) is 0 Å². The number of hydrogen-bond acceptors (Lipinski definition) is 3. The molecule has 1 aliphatic rings. The van der Waals surface area contributed by atoms with E-state index in [1.807, 2.05) is 60.7 Å². The Morgan fingerprint density at radius 3 is 2.29 bits per heavy atom. The maximum atomic E-state index is 12.3. The number of ether oxygens (including phenoxy) is 1. The van der Waals surface area contributed by atoms with Crippen LogP contribution in [-0.4, -0.2) is 43.0 Å². The second-order valence-corrected chi connectivity index (χ2v) is 5.61. The topological polar surface area (TPSA) is 49.9 Å². The summed E-state index contributed by atoms with van der Waals surface area (Å²) in [6, 6.07) is 18.9. The molecule has 0 spiro atoms. The molecular weight excluding hydrogens is 304 g/mol. The van der Waals surface area contributed by atoms with Crippen molar-refractivity contribution in [1.82, 2.24) is 4.90 Å². The first-order chi connectivity index (χ1) is 11.7. The fourth-order valence-corrected chi connectivity index (χ4v) is 2.70. The van der Waals surface area contributed by atoms with E-state index in [2.05, 4.69) is 0 Å². The third-order valence-electron chi connectivity index (χ3n) is 3.97. The maximum Gasteiger partial charge on any atom is 0.246 e. The van der Waals surface area contributed by atoms with Gasteiger partial charge in [0.2, 0.25) is 11.8 Å². The van der Waals surface area contributed by atoms with Crippen LogP contribution in [0.1, 0.15) is 6.42 Å². The van der Waals surface area contributed by atoms with E-state index in [0.717, 1.165) is 11.4 Å². The molecule has 1 saturated heterocycles. The zero-order chi connectivity index (χ0) is 16.8. The summed E-state index contributed by atoms with van der Waals surface area (Å²) >= 11 is 0. The molecule has 0 unspecified atom stereocenters. The molecule has 1 aliphatic heterocycles. The van der Waals surface area contributed by atoms with E-state index in [1.165, 1.54) is 0 Å². The first-order valence-electron chi connectivity index (χ1n) is 8.05. The lowest BCUT2D eigenvalue weighted by atomic mass is 10.2. The minimum atomic E-state index is -0.0511. The minimum absolute atomic E-state index is 0.0491. The Hall–Kier alpha value is -2.82. The minimum Gasteiger partial charge on any atom is -0.493 e. The van der Waals surface area contributed by atoms with Crippen molar-refractivity contribution in [3.8, 4) is 5.75 Å². The number of piperazine rings is 1. The number of amides is 2. The molecule has 2 aromatic carbocycles. The van der Waals surface area contributed by atoms with Crippen molar-refractivity contribution in [1.29, 1.82) is 0 Å². The molecule has 5 nitrogen and oxygen atoms in total. The molecule has 2 amide bonds. The lowest BCUT2D eigenvalue weighted by molar-refractivity contribution is -0.137. The van der Waals surface area contributed by atoms with Crippen molar-refractivity contribution in [3.63, 3.8) is 0 Å². The summed E-state index contributed by atoms with van der Waals surface area (Å²) in [5, 5.41) is 0. The van der Waals surface area contributed by atoms with Crippen molar-refractivity contribution in [3.05, 3.63) is 60.7 Å². The quantitative estimate of drug-likeness (QED) is 0.848. The molecule has 2 aromatic rings. The molecule has 0 bridgehead atoms.